The Morgan fingerprint density at radius 3 is 2.67 bits per heavy atom. The van der Waals surface area contributed by atoms with Gasteiger partial charge >= 0.3 is 5.63 Å². The first-order valence-corrected chi connectivity index (χ1v) is 6.21. The molecule has 0 bridgehead atoms. The van der Waals surface area contributed by atoms with E-state index in [-0.39, 0.29) is 11.6 Å². The Hall–Kier alpha value is -3.02. The lowest BCUT2D eigenvalue weighted by Crippen LogP contribution is -2.03. The number of hydrogen-bond acceptors (Lipinski definition) is 5. The summed E-state index contributed by atoms with van der Waals surface area (Å²) >= 11 is 0. The average molecular weight is 282 g/mol. The van der Waals surface area contributed by atoms with Gasteiger partial charge in [0.2, 0.25) is 5.89 Å². The highest BCUT2D eigenvalue weighted by Gasteiger charge is 2.13. The molecule has 0 aliphatic rings. The van der Waals surface area contributed by atoms with E-state index < -0.39 is 10.5 Å². The van der Waals surface area contributed by atoms with Crippen LogP contribution in [0.15, 0.2) is 51.7 Å². The van der Waals surface area contributed by atoms with Gasteiger partial charge in [0.15, 0.2) is 0 Å². The van der Waals surface area contributed by atoms with E-state index in [0.717, 1.165) is 0 Å². The van der Waals surface area contributed by atoms with Gasteiger partial charge < -0.3 is 4.42 Å². The van der Waals surface area contributed by atoms with Crippen LogP contribution in [0.4, 0.5) is 5.69 Å². The predicted octanol–water partition coefficient (Wildman–Crippen LogP) is 3.07. The normalized spacial score (nSPS) is 10.7. The molecule has 0 saturated carbocycles. The summed E-state index contributed by atoms with van der Waals surface area (Å²) in [4.78, 5) is 26.5. The standard InChI is InChI=1S/C15H10N2O4/c1-9-8-10(17(19)20)6-7-11(9)14-16-13-5-3-2-4-12(13)15(18)21-14/h2-8H,1H3. The first kappa shape index (κ1) is 13.0. The Kier molecular flexibility index (Phi) is 2.98. The molecule has 0 spiro atoms. The quantitative estimate of drug-likeness (QED) is 0.532. The Labute approximate surface area is 118 Å². The maximum absolute atomic E-state index is 11.9. The minimum atomic E-state index is -0.478. The molecule has 0 amide bonds. The van der Waals surface area contributed by atoms with Crippen molar-refractivity contribution in [2.24, 2.45) is 0 Å². The Morgan fingerprint density at radius 2 is 1.95 bits per heavy atom. The molecule has 0 saturated heterocycles. The minimum absolute atomic E-state index is 0.0145. The molecule has 1 aromatic heterocycles. The number of nitrogens with zero attached hydrogens (tertiary/aromatic N) is 2. The number of non-ortho nitro benzene ring substituents is 1. The molecular weight excluding hydrogens is 272 g/mol. The maximum Gasteiger partial charge on any atom is 0.347 e. The zero-order valence-corrected chi connectivity index (χ0v) is 11.1. The van der Waals surface area contributed by atoms with Crippen LogP contribution in [0.2, 0.25) is 0 Å². The van der Waals surface area contributed by atoms with Crippen molar-refractivity contribution in [1.82, 2.24) is 4.98 Å². The lowest BCUT2D eigenvalue weighted by atomic mass is 10.1. The van der Waals surface area contributed by atoms with Gasteiger partial charge in [-0.15, -0.1) is 0 Å². The lowest BCUT2D eigenvalue weighted by Gasteiger charge is -2.04. The molecule has 6 heteroatoms. The number of aromatic nitrogens is 1. The van der Waals surface area contributed by atoms with E-state index in [4.69, 9.17) is 4.42 Å². The van der Waals surface area contributed by atoms with Gasteiger partial charge in [-0.05, 0) is 30.7 Å². The Bertz CT molecular complexity index is 915. The van der Waals surface area contributed by atoms with Crippen LogP contribution in [0.3, 0.4) is 0 Å². The number of nitro benzene ring substituents is 1. The number of para-hydroxylation sites is 1. The second-order valence-electron chi connectivity index (χ2n) is 4.58. The number of hydrogen-bond donors (Lipinski definition) is 0. The molecule has 0 N–H and O–H groups in total. The van der Waals surface area contributed by atoms with Gasteiger partial charge in [0.05, 0.1) is 15.8 Å². The summed E-state index contributed by atoms with van der Waals surface area (Å²) in [6.07, 6.45) is 0. The fourth-order valence-electron chi connectivity index (χ4n) is 2.14. The Morgan fingerprint density at radius 1 is 1.19 bits per heavy atom. The van der Waals surface area contributed by atoms with Crippen molar-refractivity contribution in [2.75, 3.05) is 0 Å². The van der Waals surface area contributed by atoms with Crippen molar-refractivity contribution in [1.29, 1.82) is 0 Å². The molecule has 6 nitrogen and oxygen atoms in total. The molecule has 0 fully saturated rings. The van der Waals surface area contributed by atoms with Crippen molar-refractivity contribution in [3.05, 3.63) is 68.6 Å². The monoisotopic (exact) mass is 282 g/mol. The molecule has 0 atom stereocenters. The van der Waals surface area contributed by atoms with E-state index in [1.807, 2.05) is 0 Å². The molecule has 0 radical (unpaired) electrons. The van der Waals surface area contributed by atoms with Crippen LogP contribution >= 0.6 is 0 Å². The molecule has 104 valence electrons. The van der Waals surface area contributed by atoms with E-state index in [0.29, 0.717) is 22.0 Å². The maximum atomic E-state index is 11.9. The van der Waals surface area contributed by atoms with Crippen LogP contribution in [-0.4, -0.2) is 9.91 Å². The zero-order valence-electron chi connectivity index (χ0n) is 11.1. The number of rotatable bonds is 2. The van der Waals surface area contributed by atoms with E-state index in [9.17, 15) is 14.9 Å². The predicted molar refractivity (Wildman–Crippen MR) is 77.1 cm³/mol. The highest BCUT2D eigenvalue weighted by atomic mass is 16.6. The third-order valence-electron chi connectivity index (χ3n) is 3.19. The number of aryl methyl sites for hydroxylation is 1. The molecule has 1 heterocycles. The SMILES string of the molecule is Cc1cc([N+](=O)[O-])ccc1-c1nc2ccccc2c(=O)o1. The molecule has 3 aromatic rings. The molecule has 0 aliphatic heterocycles. The van der Waals surface area contributed by atoms with Crippen LogP contribution in [0.1, 0.15) is 5.56 Å². The van der Waals surface area contributed by atoms with Crippen LogP contribution in [-0.2, 0) is 0 Å². The van der Waals surface area contributed by atoms with Gasteiger partial charge in [-0.3, -0.25) is 10.1 Å². The summed E-state index contributed by atoms with van der Waals surface area (Å²) < 4.78 is 5.22. The van der Waals surface area contributed by atoms with E-state index in [1.165, 1.54) is 18.2 Å². The molecule has 0 aliphatic carbocycles. The topological polar surface area (TPSA) is 86.2 Å². The van der Waals surface area contributed by atoms with Crippen molar-refractivity contribution < 1.29 is 9.34 Å². The summed E-state index contributed by atoms with van der Waals surface area (Å²) in [5.41, 5.74) is 1.22. The zero-order chi connectivity index (χ0) is 15.0. The highest BCUT2D eigenvalue weighted by Crippen LogP contribution is 2.25. The number of benzene rings is 2. The van der Waals surface area contributed by atoms with Crippen molar-refractivity contribution >= 4 is 16.6 Å². The lowest BCUT2D eigenvalue weighted by molar-refractivity contribution is -0.384. The second-order valence-corrected chi connectivity index (χ2v) is 4.58. The van der Waals surface area contributed by atoms with Gasteiger partial charge in [0.25, 0.3) is 5.69 Å². The highest BCUT2D eigenvalue weighted by molar-refractivity contribution is 5.78. The van der Waals surface area contributed by atoms with Crippen LogP contribution in [0.5, 0.6) is 0 Å². The minimum Gasteiger partial charge on any atom is -0.403 e. The molecule has 0 unspecified atom stereocenters. The largest absolute Gasteiger partial charge is 0.403 e. The smallest absolute Gasteiger partial charge is 0.347 e. The van der Waals surface area contributed by atoms with Gasteiger partial charge in [-0.1, -0.05) is 12.1 Å². The fraction of sp³-hybridized carbons (Fsp3) is 0.0667. The fourth-order valence-corrected chi connectivity index (χ4v) is 2.14. The average Bonchev–Trinajstić information content (AvgIpc) is 2.47. The Balaban J connectivity index is 2.21. The molecular formula is C15H10N2O4. The van der Waals surface area contributed by atoms with E-state index in [2.05, 4.69) is 4.98 Å². The summed E-state index contributed by atoms with van der Waals surface area (Å²) in [5.74, 6) is 0.158. The van der Waals surface area contributed by atoms with Crippen molar-refractivity contribution in [3.8, 4) is 11.5 Å². The summed E-state index contributed by atoms with van der Waals surface area (Å²) in [6.45, 7) is 1.71. The molecule has 3 rings (SSSR count). The second kappa shape index (κ2) is 4.82. The number of fused-ring (bicyclic) bond motifs is 1. The van der Waals surface area contributed by atoms with Crippen molar-refractivity contribution in [3.63, 3.8) is 0 Å². The van der Waals surface area contributed by atoms with Crippen LogP contribution in [0.25, 0.3) is 22.4 Å². The molecule has 2 aromatic carbocycles. The van der Waals surface area contributed by atoms with Gasteiger partial charge in [0, 0.05) is 17.7 Å². The van der Waals surface area contributed by atoms with Crippen molar-refractivity contribution in [2.45, 2.75) is 6.92 Å². The summed E-state index contributed by atoms with van der Waals surface area (Å²) in [7, 11) is 0. The van der Waals surface area contributed by atoms with Gasteiger partial charge in [-0.25, -0.2) is 9.78 Å². The first-order valence-electron chi connectivity index (χ1n) is 6.21. The third kappa shape index (κ3) is 2.27. The summed E-state index contributed by atoms with van der Waals surface area (Å²) in [6, 6.07) is 11.2. The third-order valence-corrected chi connectivity index (χ3v) is 3.19. The van der Waals surface area contributed by atoms with E-state index >= 15 is 0 Å². The summed E-state index contributed by atoms with van der Waals surface area (Å²) in [5, 5.41) is 11.1. The van der Waals surface area contributed by atoms with E-state index in [1.54, 1.807) is 31.2 Å². The van der Waals surface area contributed by atoms with Crippen LogP contribution in [0, 0.1) is 17.0 Å². The first-order chi connectivity index (χ1) is 10.1. The van der Waals surface area contributed by atoms with Crippen LogP contribution < -0.4 is 5.63 Å². The molecule has 21 heavy (non-hydrogen) atoms. The number of nitro groups is 1. The van der Waals surface area contributed by atoms with Gasteiger partial charge in [-0.2, -0.15) is 0 Å². The van der Waals surface area contributed by atoms with Gasteiger partial charge in [0.1, 0.15) is 0 Å².